The lowest BCUT2D eigenvalue weighted by atomic mass is 10.4. The Morgan fingerprint density at radius 3 is 2.86 bits per heavy atom. The van der Waals surface area contributed by atoms with Crippen LogP contribution in [-0.4, -0.2) is 43.9 Å². The van der Waals surface area contributed by atoms with Gasteiger partial charge < -0.3 is 9.32 Å². The van der Waals surface area contributed by atoms with Crippen LogP contribution in [0.15, 0.2) is 28.0 Å². The summed E-state index contributed by atoms with van der Waals surface area (Å²) in [5, 5.41) is 9.16. The molecule has 0 saturated heterocycles. The topological polar surface area (TPSA) is 64.2 Å². The number of carbonyl (C=O) groups excluding carboxylic acids is 1. The Bertz CT molecular complexity index is 634. The average Bonchev–Trinajstić information content (AvgIpc) is 3.05. The molecule has 2 aromatic heterocycles. The van der Waals surface area contributed by atoms with Gasteiger partial charge >= 0.3 is 0 Å². The SMILES string of the molecule is CCN(C(=O)CSc1nnc(-c2ccco2)n1CC)C1CC1. The molecule has 7 heteroatoms. The molecule has 0 bridgehead atoms. The number of amides is 1. The molecular weight excluding hydrogens is 300 g/mol. The van der Waals surface area contributed by atoms with Gasteiger partial charge in [0.05, 0.1) is 12.0 Å². The molecular formula is C15H20N4O2S. The number of thioether (sulfide) groups is 1. The van der Waals surface area contributed by atoms with E-state index < -0.39 is 0 Å². The number of hydrogen-bond donors (Lipinski definition) is 0. The summed E-state index contributed by atoms with van der Waals surface area (Å²) in [6.07, 6.45) is 3.89. The summed E-state index contributed by atoms with van der Waals surface area (Å²) in [5.74, 6) is 1.98. The fourth-order valence-corrected chi connectivity index (χ4v) is 3.39. The van der Waals surface area contributed by atoms with Gasteiger partial charge in [-0.25, -0.2) is 0 Å². The third-order valence-corrected chi connectivity index (χ3v) is 4.70. The van der Waals surface area contributed by atoms with Gasteiger partial charge in [-0.1, -0.05) is 11.8 Å². The van der Waals surface area contributed by atoms with Gasteiger partial charge in [-0.2, -0.15) is 0 Å². The highest BCUT2D eigenvalue weighted by molar-refractivity contribution is 7.99. The van der Waals surface area contributed by atoms with Crippen molar-refractivity contribution >= 4 is 17.7 Å². The maximum absolute atomic E-state index is 12.3. The van der Waals surface area contributed by atoms with Gasteiger partial charge in [0.1, 0.15) is 0 Å². The second kappa shape index (κ2) is 6.56. The van der Waals surface area contributed by atoms with Crippen molar-refractivity contribution in [2.75, 3.05) is 12.3 Å². The first kappa shape index (κ1) is 15.1. The van der Waals surface area contributed by atoms with Crippen LogP contribution in [0.4, 0.5) is 0 Å². The second-order valence-corrected chi connectivity index (χ2v) is 6.17. The third-order valence-electron chi connectivity index (χ3n) is 3.75. The summed E-state index contributed by atoms with van der Waals surface area (Å²) in [6.45, 7) is 5.58. The molecule has 22 heavy (non-hydrogen) atoms. The van der Waals surface area contributed by atoms with Crippen molar-refractivity contribution in [3.05, 3.63) is 18.4 Å². The highest BCUT2D eigenvalue weighted by Gasteiger charge is 2.31. The number of carbonyl (C=O) groups is 1. The van der Waals surface area contributed by atoms with Crippen molar-refractivity contribution in [1.29, 1.82) is 0 Å². The predicted octanol–water partition coefficient (Wildman–Crippen LogP) is 2.66. The Morgan fingerprint density at radius 2 is 2.27 bits per heavy atom. The molecule has 2 aromatic rings. The van der Waals surface area contributed by atoms with Gasteiger partial charge in [-0.05, 0) is 38.8 Å². The van der Waals surface area contributed by atoms with E-state index in [1.165, 1.54) is 11.8 Å². The normalized spacial score (nSPS) is 14.3. The van der Waals surface area contributed by atoms with Crippen LogP contribution in [-0.2, 0) is 11.3 Å². The van der Waals surface area contributed by atoms with E-state index in [1.807, 2.05) is 35.4 Å². The molecule has 0 spiro atoms. The summed E-state index contributed by atoms with van der Waals surface area (Å²) in [4.78, 5) is 14.3. The third kappa shape index (κ3) is 3.04. The maximum Gasteiger partial charge on any atom is 0.233 e. The zero-order chi connectivity index (χ0) is 15.5. The Morgan fingerprint density at radius 1 is 1.45 bits per heavy atom. The van der Waals surface area contributed by atoms with Crippen LogP contribution in [0.25, 0.3) is 11.6 Å². The molecule has 1 aliphatic rings. The molecule has 1 amide bonds. The Kier molecular flexibility index (Phi) is 4.52. The summed E-state index contributed by atoms with van der Waals surface area (Å²) < 4.78 is 7.36. The van der Waals surface area contributed by atoms with Crippen molar-refractivity contribution in [2.45, 2.75) is 44.4 Å². The number of hydrogen-bond acceptors (Lipinski definition) is 5. The largest absolute Gasteiger partial charge is 0.461 e. The fraction of sp³-hybridized carbons (Fsp3) is 0.533. The molecule has 1 fully saturated rings. The molecule has 3 rings (SSSR count). The first-order valence-electron chi connectivity index (χ1n) is 7.64. The predicted molar refractivity (Wildman–Crippen MR) is 84.5 cm³/mol. The first-order chi connectivity index (χ1) is 10.7. The molecule has 2 heterocycles. The monoisotopic (exact) mass is 320 g/mol. The lowest BCUT2D eigenvalue weighted by Crippen LogP contribution is -2.34. The van der Waals surface area contributed by atoms with E-state index in [9.17, 15) is 4.79 Å². The molecule has 0 aromatic carbocycles. The van der Waals surface area contributed by atoms with Crippen LogP contribution in [0.5, 0.6) is 0 Å². The minimum absolute atomic E-state index is 0.181. The van der Waals surface area contributed by atoms with Crippen molar-refractivity contribution in [3.8, 4) is 11.6 Å². The molecule has 118 valence electrons. The quantitative estimate of drug-likeness (QED) is 0.734. The molecule has 0 unspecified atom stereocenters. The smallest absolute Gasteiger partial charge is 0.233 e. The van der Waals surface area contributed by atoms with Gasteiger partial charge in [-0.15, -0.1) is 10.2 Å². The van der Waals surface area contributed by atoms with Crippen molar-refractivity contribution in [3.63, 3.8) is 0 Å². The van der Waals surface area contributed by atoms with Crippen LogP contribution < -0.4 is 0 Å². The van der Waals surface area contributed by atoms with E-state index in [1.54, 1.807) is 6.26 Å². The van der Waals surface area contributed by atoms with Gasteiger partial charge in [0.2, 0.25) is 5.91 Å². The zero-order valence-corrected chi connectivity index (χ0v) is 13.7. The standard InChI is InChI=1S/C15H20N4O2S/c1-3-18(11-7-8-11)13(20)10-22-15-17-16-14(19(15)4-2)12-6-5-9-21-12/h5-6,9,11H,3-4,7-8,10H2,1-2H3. The lowest BCUT2D eigenvalue weighted by Gasteiger charge is -2.19. The number of nitrogens with zero attached hydrogens (tertiary/aromatic N) is 4. The van der Waals surface area contributed by atoms with Crippen LogP contribution in [0.3, 0.4) is 0 Å². The zero-order valence-electron chi connectivity index (χ0n) is 12.9. The van der Waals surface area contributed by atoms with Gasteiger partial charge in [0, 0.05) is 19.1 Å². The van der Waals surface area contributed by atoms with Crippen LogP contribution in [0.1, 0.15) is 26.7 Å². The fourth-order valence-electron chi connectivity index (χ4n) is 2.50. The summed E-state index contributed by atoms with van der Waals surface area (Å²) in [6, 6.07) is 4.15. The van der Waals surface area contributed by atoms with Crippen molar-refractivity contribution in [2.24, 2.45) is 0 Å². The van der Waals surface area contributed by atoms with Gasteiger partial charge in [-0.3, -0.25) is 9.36 Å². The van der Waals surface area contributed by atoms with E-state index >= 15 is 0 Å². The van der Waals surface area contributed by atoms with E-state index in [4.69, 9.17) is 4.42 Å². The van der Waals surface area contributed by atoms with E-state index in [0.29, 0.717) is 23.4 Å². The van der Waals surface area contributed by atoms with E-state index in [-0.39, 0.29) is 5.91 Å². The summed E-state index contributed by atoms with van der Waals surface area (Å²) in [5.41, 5.74) is 0. The minimum Gasteiger partial charge on any atom is -0.461 e. The van der Waals surface area contributed by atoms with Gasteiger partial charge in [0.15, 0.2) is 16.7 Å². The Hall–Kier alpha value is -1.76. The number of aromatic nitrogens is 3. The molecule has 0 N–H and O–H groups in total. The number of furan rings is 1. The average molecular weight is 320 g/mol. The molecule has 6 nitrogen and oxygen atoms in total. The lowest BCUT2D eigenvalue weighted by molar-refractivity contribution is -0.128. The van der Waals surface area contributed by atoms with E-state index in [0.717, 1.165) is 31.1 Å². The van der Waals surface area contributed by atoms with Crippen molar-refractivity contribution in [1.82, 2.24) is 19.7 Å². The minimum atomic E-state index is 0.181. The van der Waals surface area contributed by atoms with Gasteiger partial charge in [0.25, 0.3) is 0 Å². The van der Waals surface area contributed by atoms with Crippen molar-refractivity contribution < 1.29 is 9.21 Å². The summed E-state index contributed by atoms with van der Waals surface area (Å²) >= 11 is 1.44. The summed E-state index contributed by atoms with van der Waals surface area (Å²) in [7, 11) is 0. The maximum atomic E-state index is 12.3. The molecule has 0 atom stereocenters. The molecule has 0 aliphatic heterocycles. The highest BCUT2D eigenvalue weighted by Crippen LogP contribution is 2.28. The Balaban J connectivity index is 1.69. The molecule has 0 radical (unpaired) electrons. The second-order valence-electron chi connectivity index (χ2n) is 5.23. The number of rotatable bonds is 7. The highest BCUT2D eigenvalue weighted by atomic mass is 32.2. The Labute approximate surface area is 133 Å². The van der Waals surface area contributed by atoms with Crippen LogP contribution in [0, 0.1) is 0 Å². The molecule has 1 saturated carbocycles. The molecule has 1 aliphatic carbocycles. The first-order valence-corrected chi connectivity index (χ1v) is 8.62. The van der Waals surface area contributed by atoms with Crippen LogP contribution >= 0.6 is 11.8 Å². The van der Waals surface area contributed by atoms with E-state index in [2.05, 4.69) is 10.2 Å². The van der Waals surface area contributed by atoms with Crippen LogP contribution in [0.2, 0.25) is 0 Å².